The Hall–Kier alpha value is -1.66. The van der Waals surface area contributed by atoms with Crippen molar-refractivity contribution in [3.63, 3.8) is 0 Å². The third-order valence-electron chi connectivity index (χ3n) is 2.78. The second kappa shape index (κ2) is 7.21. The fourth-order valence-electron chi connectivity index (χ4n) is 1.78. The van der Waals surface area contributed by atoms with E-state index in [-0.39, 0.29) is 12.5 Å². The Kier molecular flexibility index (Phi) is 5.31. The number of carbonyl (C=O) groups excluding carboxylic acids is 1. The molecule has 0 bridgehead atoms. The first kappa shape index (κ1) is 14.7. The van der Waals surface area contributed by atoms with Gasteiger partial charge in [0.05, 0.1) is 6.54 Å². The van der Waals surface area contributed by atoms with Crippen LogP contribution in [0.25, 0.3) is 0 Å². The molecule has 20 heavy (non-hydrogen) atoms. The highest BCUT2D eigenvalue weighted by atomic mass is 79.9. The molecule has 0 unspecified atom stereocenters. The number of nitrogens with zero attached hydrogens (tertiary/aromatic N) is 2. The van der Waals surface area contributed by atoms with Crippen molar-refractivity contribution in [2.24, 2.45) is 0 Å². The molecule has 1 aromatic heterocycles. The highest BCUT2D eigenvalue weighted by molar-refractivity contribution is 9.10. The Labute approximate surface area is 126 Å². The van der Waals surface area contributed by atoms with Gasteiger partial charge in [0, 0.05) is 22.6 Å². The molecule has 1 heterocycles. The number of carbonyl (C=O) groups is 1. The third-order valence-corrected chi connectivity index (χ3v) is 3.31. The second-order valence-corrected chi connectivity index (χ2v) is 5.22. The summed E-state index contributed by atoms with van der Waals surface area (Å²) < 4.78 is 2.83. The molecular formula is C14H17BrN4O. The summed E-state index contributed by atoms with van der Waals surface area (Å²) in [6.45, 7) is 3.83. The maximum atomic E-state index is 12.0. The number of benzene rings is 1. The molecule has 5 nitrogen and oxygen atoms in total. The monoisotopic (exact) mass is 336 g/mol. The summed E-state index contributed by atoms with van der Waals surface area (Å²) in [5, 5.41) is 6.06. The number of aromatic nitrogens is 2. The molecular weight excluding hydrogens is 320 g/mol. The summed E-state index contributed by atoms with van der Waals surface area (Å²) in [6, 6.07) is 7.50. The summed E-state index contributed by atoms with van der Waals surface area (Å²) in [6.07, 6.45) is 3.52. The second-order valence-electron chi connectivity index (χ2n) is 4.31. The number of anilines is 1. The van der Waals surface area contributed by atoms with Crippen molar-refractivity contribution in [1.29, 1.82) is 0 Å². The summed E-state index contributed by atoms with van der Waals surface area (Å²) >= 11 is 3.36. The maximum Gasteiger partial charge on any atom is 0.244 e. The summed E-state index contributed by atoms with van der Waals surface area (Å²) in [7, 11) is 0. The van der Waals surface area contributed by atoms with E-state index in [1.165, 1.54) is 0 Å². The Morgan fingerprint density at radius 2 is 2.10 bits per heavy atom. The third kappa shape index (κ3) is 4.18. The molecule has 0 spiro atoms. The molecule has 0 fully saturated rings. The van der Waals surface area contributed by atoms with Gasteiger partial charge in [-0.1, -0.05) is 22.9 Å². The van der Waals surface area contributed by atoms with Gasteiger partial charge in [0.1, 0.15) is 12.4 Å². The van der Waals surface area contributed by atoms with Gasteiger partial charge in [0.2, 0.25) is 5.91 Å². The molecule has 0 saturated carbocycles. The fourth-order valence-corrected chi connectivity index (χ4v) is 2.04. The Morgan fingerprint density at radius 3 is 2.80 bits per heavy atom. The molecule has 0 radical (unpaired) electrons. The lowest BCUT2D eigenvalue weighted by molar-refractivity contribution is -0.116. The van der Waals surface area contributed by atoms with Crippen molar-refractivity contribution in [2.45, 2.75) is 20.0 Å². The van der Waals surface area contributed by atoms with Crippen molar-refractivity contribution in [2.75, 3.05) is 11.9 Å². The molecule has 2 N–H and O–H groups in total. The minimum absolute atomic E-state index is 0.0666. The van der Waals surface area contributed by atoms with E-state index in [0.717, 1.165) is 22.5 Å². The maximum absolute atomic E-state index is 12.0. The zero-order chi connectivity index (χ0) is 14.4. The Bertz CT molecular complexity index is 565. The average molecular weight is 337 g/mol. The van der Waals surface area contributed by atoms with Crippen LogP contribution < -0.4 is 10.6 Å². The highest BCUT2D eigenvalue weighted by Gasteiger charge is 2.07. The number of imidazole rings is 1. The van der Waals surface area contributed by atoms with Crippen LogP contribution in [0.3, 0.4) is 0 Å². The normalized spacial score (nSPS) is 10.5. The van der Waals surface area contributed by atoms with E-state index in [2.05, 4.69) is 31.5 Å². The highest BCUT2D eigenvalue weighted by Crippen LogP contribution is 2.14. The van der Waals surface area contributed by atoms with Crippen LogP contribution >= 0.6 is 15.9 Å². The van der Waals surface area contributed by atoms with Gasteiger partial charge in [-0.05, 0) is 30.8 Å². The predicted molar refractivity (Wildman–Crippen MR) is 82.4 cm³/mol. The molecule has 1 amide bonds. The van der Waals surface area contributed by atoms with E-state index < -0.39 is 0 Å². The quantitative estimate of drug-likeness (QED) is 0.851. The molecule has 2 aromatic rings. The first-order valence-electron chi connectivity index (χ1n) is 6.45. The molecule has 0 saturated heterocycles. The van der Waals surface area contributed by atoms with Gasteiger partial charge >= 0.3 is 0 Å². The van der Waals surface area contributed by atoms with E-state index in [0.29, 0.717) is 6.54 Å². The lowest BCUT2D eigenvalue weighted by atomic mass is 10.3. The number of hydrogen-bond donors (Lipinski definition) is 2. The summed E-state index contributed by atoms with van der Waals surface area (Å²) in [5.74, 6) is 0.792. The van der Waals surface area contributed by atoms with Gasteiger partial charge in [-0.25, -0.2) is 4.98 Å². The SMILES string of the molecule is CCNCc1nccn1CC(=O)Nc1ccc(Br)cc1. The number of amides is 1. The van der Waals surface area contributed by atoms with Crippen LogP contribution in [0.1, 0.15) is 12.7 Å². The molecule has 106 valence electrons. The van der Waals surface area contributed by atoms with Crippen LogP contribution in [0.2, 0.25) is 0 Å². The first-order chi connectivity index (χ1) is 9.69. The van der Waals surface area contributed by atoms with E-state index in [1.54, 1.807) is 6.20 Å². The van der Waals surface area contributed by atoms with Gasteiger partial charge in [-0.3, -0.25) is 4.79 Å². The van der Waals surface area contributed by atoms with Gasteiger partial charge in [0.25, 0.3) is 0 Å². The van der Waals surface area contributed by atoms with Crippen LogP contribution in [-0.4, -0.2) is 22.0 Å². The number of rotatable bonds is 6. The summed E-state index contributed by atoms with van der Waals surface area (Å²) in [4.78, 5) is 16.2. The van der Waals surface area contributed by atoms with E-state index in [1.807, 2.05) is 42.0 Å². The smallest absolute Gasteiger partial charge is 0.244 e. The van der Waals surface area contributed by atoms with Crippen molar-refractivity contribution in [1.82, 2.24) is 14.9 Å². The van der Waals surface area contributed by atoms with E-state index in [4.69, 9.17) is 0 Å². The van der Waals surface area contributed by atoms with Crippen LogP contribution in [0.15, 0.2) is 41.1 Å². The number of nitrogens with one attached hydrogen (secondary N) is 2. The van der Waals surface area contributed by atoms with Gasteiger partial charge in [-0.2, -0.15) is 0 Å². The molecule has 0 aliphatic rings. The minimum Gasteiger partial charge on any atom is -0.325 e. The number of halogens is 1. The van der Waals surface area contributed by atoms with Crippen LogP contribution in [0.5, 0.6) is 0 Å². The number of hydrogen-bond acceptors (Lipinski definition) is 3. The molecule has 6 heteroatoms. The first-order valence-corrected chi connectivity index (χ1v) is 7.24. The predicted octanol–water partition coefficient (Wildman–Crippen LogP) is 2.39. The standard InChI is InChI=1S/C14H17BrN4O/c1-2-16-9-13-17-7-8-19(13)10-14(20)18-12-5-3-11(15)4-6-12/h3-8,16H,2,9-10H2,1H3,(H,18,20). The zero-order valence-electron chi connectivity index (χ0n) is 11.3. The molecule has 2 rings (SSSR count). The molecule has 0 atom stereocenters. The van der Waals surface area contributed by atoms with E-state index in [9.17, 15) is 4.79 Å². The topological polar surface area (TPSA) is 59.0 Å². The lowest BCUT2D eigenvalue weighted by Gasteiger charge is -2.09. The van der Waals surface area contributed by atoms with Crippen LogP contribution in [0.4, 0.5) is 5.69 Å². The van der Waals surface area contributed by atoms with Crippen molar-refractivity contribution in [3.8, 4) is 0 Å². The van der Waals surface area contributed by atoms with Crippen molar-refractivity contribution >= 4 is 27.5 Å². The average Bonchev–Trinajstić information content (AvgIpc) is 2.86. The van der Waals surface area contributed by atoms with Gasteiger partial charge in [-0.15, -0.1) is 0 Å². The Balaban J connectivity index is 1.94. The lowest BCUT2D eigenvalue weighted by Crippen LogP contribution is -2.22. The van der Waals surface area contributed by atoms with E-state index >= 15 is 0 Å². The van der Waals surface area contributed by atoms with Crippen molar-refractivity contribution < 1.29 is 4.79 Å². The molecule has 1 aromatic carbocycles. The van der Waals surface area contributed by atoms with Crippen LogP contribution in [-0.2, 0) is 17.9 Å². The van der Waals surface area contributed by atoms with Gasteiger partial charge in [0.15, 0.2) is 0 Å². The largest absolute Gasteiger partial charge is 0.325 e. The van der Waals surface area contributed by atoms with Crippen molar-refractivity contribution in [3.05, 3.63) is 47.0 Å². The fraction of sp³-hybridized carbons (Fsp3) is 0.286. The van der Waals surface area contributed by atoms with Crippen LogP contribution in [0, 0.1) is 0 Å². The minimum atomic E-state index is -0.0666. The van der Waals surface area contributed by atoms with Gasteiger partial charge < -0.3 is 15.2 Å². The molecule has 0 aliphatic heterocycles. The Morgan fingerprint density at radius 1 is 1.35 bits per heavy atom. The molecule has 0 aliphatic carbocycles. The zero-order valence-corrected chi connectivity index (χ0v) is 12.9. The summed E-state index contributed by atoms with van der Waals surface area (Å²) in [5.41, 5.74) is 0.784.